The molecule has 3 N–H and O–H groups in total. The van der Waals surface area contributed by atoms with Crippen molar-refractivity contribution < 1.29 is 5.11 Å². The maximum absolute atomic E-state index is 10.1. The van der Waals surface area contributed by atoms with E-state index < -0.39 is 0 Å². The Bertz CT molecular complexity index is 764. The lowest BCUT2D eigenvalue weighted by atomic mass is 9.97. The zero-order valence-electron chi connectivity index (χ0n) is 16.0. The summed E-state index contributed by atoms with van der Waals surface area (Å²) < 4.78 is 0. The fourth-order valence-corrected chi connectivity index (χ4v) is 5.80. The fraction of sp³-hybridized carbons (Fsp3) is 0.632. The molecular formula is C19H27N5OS2. The van der Waals surface area contributed by atoms with Crippen LogP contribution in [0.25, 0.3) is 0 Å². The summed E-state index contributed by atoms with van der Waals surface area (Å²) in [5, 5.41) is 18.2. The van der Waals surface area contributed by atoms with Crippen LogP contribution in [0.3, 0.4) is 0 Å². The molecule has 0 aromatic rings. The summed E-state index contributed by atoms with van der Waals surface area (Å²) >= 11 is 3.39. The van der Waals surface area contributed by atoms with Gasteiger partial charge in [-0.25, -0.2) is 4.99 Å². The fourth-order valence-electron chi connectivity index (χ4n) is 4.06. The van der Waals surface area contributed by atoms with Crippen LogP contribution in [0.2, 0.25) is 0 Å². The van der Waals surface area contributed by atoms with Gasteiger partial charge in [-0.3, -0.25) is 9.98 Å². The van der Waals surface area contributed by atoms with Gasteiger partial charge < -0.3 is 15.7 Å². The number of allylic oxidation sites excluding steroid dienone is 2. The lowest BCUT2D eigenvalue weighted by Crippen LogP contribution is -2.52. The van der Waals surface area contributed by atoms with Crippen molar-refractivity contribution in [2.75, 3.05) is 12.9 Å². The Hall–Kier alpha value is -1.25. The summed E-state index contributed by atoms with van der Waals surface area (Å²) in [4.78, 5) is 15.6. The van der Waals surface area contributed by atoms with Crippen LogP contribution in [0.1, 0.15) is 39.5 Å². The first-order valence-corrected chi connectivity index (χ1v) is 11.6. The number of aliphatic hydroxyl groups is 1. The number of nitrogens with zero attached hydrogens (tertiary/aromatic N) is 3. The van der Waals surface area contributed by atoms with Crippen molar-refractivity contribution in [3.63, 3.8) is 0 Å². The van der Waals surface area contributed by atoms with E-state index in [2.05, 4.69) is 41.8 Å². The first-order chi connectivity index (χ1) is 13.0. The molecule has 1 aliphatic carbocycles. The van der Waals surface area contributed by atoms with Gasteiger partial charge in [0.15, 0.2) is 5.50 Å². The smallest absolute Gasteiger partial charge is 0.168 e. The van der Waals surface area contributed by atoms with Gasteiger partial charge in [-0.05, 0) is 39.0 Å². The molecule has 4 rings (SSSR count). The Labute approximate surface area is 169 Å². The van der Waals surface area contributed by atoms with Crippen LogP contribution in [0, 0.1) is 0 Å². The number of amidine groups is 1. The molecule has 27 heavy (non-hydrogen) atoms. The molecule has 0 radical (unpaired) electrons. The zero-order valence-corrected chi connectivity index (χ0v) is 17.7. The van der Waals surface area contributed by atoms with E-state index in [4.69, 9.17) is 9.98 Å². The minimum Gasteiger partial charge on any atom is -0.394 e. The summed E-state index contributed by atoms with van der Waals surface area (Å²) in [6.07, 6.45) is 10.2. The summed E-state index contributed by atoms with van der Waals surface area (Å²) in [5.74, 6) is 0.862. The van der Waals surface area contributed by atoms with Crippen LogP contribution in [0.5, 0.6) is 0 Å². The maximum atomic E-state index is 10.1. The lowest BCUT2D eigenvalue weighted by Gasteiger charge is -2.34. The van der Waals surface area contributed by atoms with Crippen LogP contribution in [-0.2, 0) is 0 Å². The molecule has 0 bridgehead atoms. The second-order valence-corrected chi connectivity index (χ2v) is 9.55. The minimum absolute atomic E-state index is 0.0239. The number of hydrogen-bond donors (Lipinski definition) is 3. The average molecular weight is 406 g/mol. The van der Waals surface area contributed by atoms with Crippen molar-refractivity contribution in [3.05, 3.63) is 22.3 Å². The quantitative estimate of drug-likeness (QED) is 0.670. The van der Waals surface area contributed by atoms with Gasteiger partial charge in [0, 0.05) is 16.8 Å². The van der Waals surface area contributed by atoms with Gasteiger partial charge in [0.1, 0.15) is 16.9 Å². The number of fused-ring (bicyclic) bond motifs is 1. The molecule has 0 aromatic carbocycles. The molecule has 1 fully saturated rings. The van der Waals surface area contributed by atoms with Gasteiger partial charge >= 0.3 is 0 Å². The molecule has 0 aromatic heterocycles. The molecule has 3 aliphatic heterocycles. The average Bonchev–Trinajstić information content (AvgIpc) is 3.29. The Kier molecular flexibility index (Phi) is 5.40. The summed E-state index contributed by atoms with van der Waals surface area (Å²) in [6, 6.07) is 0.270. The normalized spacial score (nSPS) is 31.9. The second kappa shape index (κ2) is 7.64. The van der Waals surface area contributed by atoms with Crippen molar-refractivity contribution in [3.8, 4) is 0 Å². The standard InChI is InChI=1S/C19H27N5OS2/c1-11-14(17-22-15-12(2)20-9-6-13(15)27-17)16(23-18(21-11)26-3)24-19(10-25)7-4-5-8-19/h6,9,12,15,18,21,25H,4-5,7-8,10H2,1-3H3,(H,23,24). The Morgan fingerprint density at radius 3 is 2.81 bits per heavy atom. The predicted molar refractivity (Wildman–Crippen MR) is 117 cm³/mol. The van der Waals surface area contributed by atoms with Gasteiger partial charge in [-0.15, -0.1) is 11.8 Å². The molecule has 4 aliphatic rings. The third kappa shape index (κ3) is 3.59. The summed E-state index contributed by atoms with van der Waals surface area (Å²) in [6.45, 7) is 4.33. The highest BCUT2D eigenvalue weighted by atomic mass is 32.2. The second-order valence-electron chi connectivity index (χ2n) is 7.57. The maximum Gasteiger partial charge on any atom is 0.168 e. The Morgan fingerprint density at radius 2 is 2.15 bits per heavy atom. The number of aliphatic hydroxyl groups excluding tert-OH is 1. The van der Waals surface area contributed by atoms with Gasteiger partial charge in [0.2, 0.25) is 0 Å². The van der Waals surface area contributed by atoms with Crippen LogP contribution in [0.4, 0.5) is 0 Å². The van der Waals surface area contributed by atoms with Crippen molar-refractivity contribution in [1.29, 1.82) is 0 Å². The van der Waals surface area contributed by atoms with Gasteiger partial charge in [-0.1, -0.05) is 24.6 Å². The molecule has 3 heterocycles. The predicted octanol–water partition coefficient (Wildman–Crippen LogP) is 2.67. The van der Waals surface area contributed by atoms with E-state index in [1.54, 1.807) is 23.5 Å². The van der Waals surface area contributed by atoms with Gasteiger partial charge in [0.25, 0.3) is 0 Å². The molecule has 3 unspecified atom stereocenters. The zero-order chi connectivity index (χ0) is 19.0. The largest absolute Gasteiger partial charge is 0.394 e. The van der Waals surface area contributed by atoms with Crippen LogP contribution >= 0.6 is 23.5 Å². The number of dihydropyridines is 1. The molecule has 1 saturated carbocycles. The van der Waals surface area contributed by atoms with E-state index in [9.17, 15) is 5.11 Å². The van der Waals surface area contributed by atoms with Crippen molar-refractivity contribution >= 4 is 40.6 Å². The van der Waals surface area contributed by atoms with E-state index in [-0.39, 0.29) is 29.7 Å². The monoisotopic (exact) mass is 405 g/mol. The van der Waals surface area contributed by atoms with Crippen molar-refractivity contribution in [2.24, 2.45) is 15.0 Å². The first kappa shape index (κ1) is 19.1. The van der Waals surface area contributed by atoms with E-state index in [1.807, 2.05) is 6.21 Å². The number of aliphatic imine (C=N–C) groups is 3. The number of rotatable bonds is 4. The topological polar surface area (TPSA) is 81.4 Å². The Morgan fingerprint density at radius 1 is 1.37 bits per heavy atom. The molecule has 0 saturated heterocycles. The molecule has 0 spiro atoms. The van der Waals surface area contributed by atoms with Crippen LogP contribution in [-0.4, -0.2) is 58.2 Å². The molecule has 146 valence electrons. The van der Waals surface area contributed by atoms with Crippen molar-refractivity contribution in [2.45, 2.75) is 62.7 Å². The number of hydrogen-bond acceptors (Lipinski definition) is 8. The molecular weight excluding hydrogens is 378 g/mol. The first-order valence-electron chi connectivity index (χ1n) is 9.52. The van der Waals surface area contributed by atoms with Crippen LogP contribution < -0.4 is 10.6 Å². The highest BCUT2D eigenvalue weighted by Crippen LogP contribution is 2.39. The third-order valence-corrected chi connectivity index (χ3v) is 7.45. The molecule has 0 amide bonds. The van der Waals surface area contributed by atoms with E-state index in [1.165, 1.54) is 4.91 Å². The lowest BCUT2D eigenvalue weighted by molar-refractivity contribution is 0.183. The van der Waals surface area contributed by atoms with Gasteiger partial charge in [-0.2, -0.15) is 0 Å². The van der Waals surface area contributed by atoms with Gasteiger partial charge in [0.05, 0.1) is 23.8 Å². The number of nitrogens with one attached hydrogen (secondary N) is 2. The van der Waals surface area contributed by atoms with E-state index in [0.717, 1.165) is 47.8 Å². The highest BCUT2D eigenvalue weighted by molar-refractivity contribution is 8.18. The minimum atomic E-state index is -0.267. The Balaban J connectivity index is 1.67. The summed E-state index contributed by atoms with van der Waals surface area (Å²) in [5.41, 5.74) is 1.82. The highest BCUT2D eigenvalue weighted by Gasteiger charge is 2.39. The molecule has 3 atom stereocenters. The third-order valence-electron chi connectivity index (χ3n) is 5.66. The van der Waals surface area contributed by atoms with Crippen molar-refractivity contribution in [1.82, 2.24) is 10.6 Å². The molecule has 8 heteroatoms. The number of thioether (sulfide) groups is 2. The molecule has 6 nitrogen and oxygen atoms in total. The van der Waals surface area contributed by atoms with E-state index >= 15 is 0 Å². The van der Waals surface area contributed by atoms with E-state index in [0.29, 0.717) is 0 Å². The SMILES string of the molecule is CSC1N=C(NC2(CO)CCCC2)C(C2=NC3C(=CC=NC3C)S2)=C(C)N1. The van der Waals surface area contributed by atoms with Crippen LogP contribution in [0.15, 0.2) is 37.2 Å². The summed E-state index contributed by atoms with van der Waals surface area (Å²) in [7, 11) is 0.